The zero-order valence-corrected chi connectivity index (χ0v) is 12.0. The number of benzene rings is 1. The molecule has 0 radical (unpaired) electrons. The fraction of sp³-hybridized carbons (Fsp3) is 0.429. The second kappa shape index (κ2) is 6.27. The molecular formula is C14H19NO5. The monoisotopic (exact) mass is 281 g/mol. The molecule has 0 fully saturated rings. The zero-order chi connectivity index (χ0) is 15.3. The Bertz CT molecular complexity index is 493. The lowest BCUT2D eigenvalue weighted by Gasteiger charge is -2.22. The predicted molar refractivity (Wildman–Crippen MR) is 72.8 cm³/mol. The highest BCUT2D eigenvalue weighted by molar-refractivity contribution is 5.75. The summed E-state index contributed by atoms with van der Waals surface area (Å²) in [6.45, 7) is 5.15. The Morgan fingerprint density at radius 1 is 1.40 bits per heavy atom. The maximum atomic E-state index is 11.6. The van der Waals surface area contributed by atoms with Gasteiger partial charge in [-0.1, -0.05) is 0 Å². The highest BCUT2D eigenvalue weighted by Gasteiger charge is 2.22. The normalized spacial score (nSPS) is 12.4. The van der Waals surface area contributed by atoms with Crippen LogP contribution in [-0.4, -0.2) is 30.2 Å². The fourth-order valence-corrected chi connectivity index (χ4v) is 1.53. The van der Waals surface area contributed by atoms with Crippen molar-refractivity contribution in [2.45, 2.75) is 32.4 Å². The Hall–Kier alpha value is -2.24. The number of phenolic OH excluding ortho intramolecular Hbond substituents is 1. The van der Waals surface area contributed by atoms with E-state index in [9.17, 15) is 14.7 Å². The molecular weight excluding hydrogens is 262 g/mol. The van der Waals surface area contributed by atoms with Crippen LogP contribution in [0.4, 0.5) is 4.79 Å². The lowest BCUT2D eigenvalue weighted by Crippen LogP contribution is -2.35. The summed E-state index contributed by atoms with van der Waals surface area (Å²) in [6, 6.07) is 3.46. The summed E-state index contributed by atoms with van der Waals surface area (Å²) in [5.41, 5.74) is -0.397. The largest absolute Gasteiger partial charge is 0.507 e. The summed E-state index contributed by atoms with van der Waals surface area (Å²) in [4.78, 5) is 22.7. The Balaban J connectivity index is 2.86. The third-order valence-corrected chi connectivity index (χ3v) is 2.38. The minimum atomic E-state index is -0.990. The van der Waals surface area contributed by atoms with E-state index in [4.69, 9.17) is 9.47 Å². The van der Waals surface area contributed by atoms with Crippen molar-refractivity contribution >= 4 is 12.4 Å². The summed E-state index contributed by atoms with van der Waals surface area (Å²) >= 11 is 0. The first-order chi connectivity index (χ1) is 9.26. The van der Waals surface area contributed by atoms with Crippen molar-refractivity contribution in [3.63, 3.8) is 0 Å². The van der Waals surface area contributed by atoms with Crippen LogP contribution < -0.4 is 10.1 Å². The number of hydrogen-bond donors (Lipinski definition) is 2. The Morgan fingerprint density at radius 2 is 2.05 bits per heavy atom. The maximum absolute atomic E-state index is 11.6. The van der Waals surface area contributed by atoms with E-state index in [1.165, 1.54) is 19.2 Å². The summed E-state index contributed by atoms with van der Waals surface area (Å²) in [5.74, 6) is 0.311. The van der Waals surface area contributed by atoms with E-state index in [0.29, 0.717) is 12.0 Å². The van der Waals surface area contributed by atoms with E-state index in [2.05, 4.69) is 5.32 Å². The number of aldehydes is 1. The number of carbonyl (C=O) groups excluding carboxylic acids is 2. The molecule has 0 saturated carbocycles. The average Bonchev–Trinajstić information content (AvgIpc) is 2.34. The van der Waals surface area contributed by atoms with Crippen LogP contribution in [0.1, 0.15) is 32.4 Å². The molecule has 0 spiro atoms. The number of amides is 1. The van der Waals surface area contributed by atoms with Gasteiger partial charge in [-0.05, 0) is 32.9 Å². The first-order valence-electron chi connectivity index (χ1n) is 6.08. The van der Waals surface area contributed by atoms with Gasteiger partial charge in [0.25, 0.3) is 0 Å². The van der Waals surface area contributed by atoms with Gasteiger partial charge in [0.15, 0.2) is 0 Å². The molecule has 0 bridgehead atoms. The second-order valence-corrected chi connectivity index (χ2v) is 5.18. The minimum absolute atomic E-state index is 0.141. The SMILES string of the molecule is COc1ccc(C(C=O)NC(=O)OC(C)(C)C)c(O)c1. The van der Waals surface area contributed by atoms with E-state index in [0.717, 1.165) is 0 Å². The van der Waals surface area contributed by atoms with E-state index < -0.39 is 17.7 Å². The first-order valence-corrected chi connectivity index (χ1v) is 6.08. The molecule has 1 aromatic rings. The number of rotatable bonds is 4. The van der Waals surface area contributed by atoms with Crippen molar-refractivity contribution < 1.29 is 24.2 Å². The number of methoxy groups -OCH3 is 1. The predicted octanol–water partition coefficient (Wildman–Crippen LogP) is 2.17. The van der Waals surface area contributed by atoms with Crippen LogP contribution in [0.2, 0.25) is 0 Å². The molecule has 0 aliphatic rings. The summed E-state index contributed by atoms with van der Waals surface area (Å²) in [6.07, 6.45) is -0.212. The molecule has 110 valence electrons. The van der Waals surface area contributed by atoms with E-state index >= 15 is 0 Å². The second-order valence-electron chi connectivity index (χ2n) is 5.18. The molecule has 1 rings (SSSR count). The average molecular weight is 281 g/mol. The third-order valence-electron chi connectivity index (χ3n) is 2.38. The van der Waals surface area contributed by atoms with Crippen molar-refractivity contribution in [1.82, 2.24) is 5.32 Å². The lowest BCUT2D eigenvalue weighted by atomic mass is 10.1. The van der Waals surface area contributed by atoms with Gasteiger partial charge in [-0.25, -0.2) is 4.79 Å². The molecule has 1 amide bonds. The number of alkyl carbamates (subject to hydrolysis) is 1. The highest BCUT2D eigenvalue weighted by Crippen LogP contribution is 2.27. The van der Waals surface area contributed by atoms with Crippen molar-refractivity contribution in [2.75, 3.05) is 7.11 Å². The van der Waals surface area contributed by atoms with Gasteiger partial charge in [0.2, 0.25) is 0 Å². The Labute approximate surface area is 117 Å². The standard InChI is InChI=1S/C14H19NO5/c1-14(2,3)20-13(18)15-11(8-16)10-6-5-9(19-4)7-12(10)17/h5-8,11,17H,1-4H3,(H,15,18). The smallest absolute Gasteiger partial charge is 0.408 e. The van der Waals surface area contributed by atoms with Crippen LogP contribution in [0.15, 0.2) is 18.2 Å². The van der Waals surface area contributed by atoms with Crippen molar-refractivity contribution in [3.8, 4) is 11.5 Å². The van der Waals surface area contributed by atoms with Gasteiger partial charge in [0, 0.05) is 11.6 Å². The van der Waals surface area contributed by atoms with Crippen LogP contribution in [-0.2, 0) is 9.53 Å². The zero-order valence-electron chi connectivity index (χ0n) is 12.0. The molecule has 0 heterocycles. The van der Waals surface area contributed by atoms with Crippen molar-refractivity contribution in [3.05, 3.63) is 23.8 Å². The molecule has 0 aliphatic carbocycles. The van der Waals surface area contributed by atoms with Crippen molar-refractivity contribution in [1.29, 1.82) is 0 Å². The number of nitrogens with one attached hydrogen (secondary N) is 1. The van der Waals surface area contributed by atoms with E-state index in [-0.39, 0.29) is 11.3 Å². The molecule has 20 heavy (non-hydrogen) atoms. The summed E-state index contributed by atoms with van der Waals surface area (Å²) < 4.78 is 10.0. The molecule has 1 atom stereocenters. The van der Waals surface area contributed by atoms with Gasteiger partial charge in [-0.2, -0.15) is 0 Å². The van der Waals surface area contributed by atoms with Crippen LogP contribution >= 0.6 is 0 Å². The minimum Gasteiger partial charge on any atom is -0.507 e. The number of hydrogen-bond acceptors (Lipinski definition) is 5. The summed E-state index contributed by atoms with van der Waals surface area (Å²) in [5, 5.41) is 12.2. The molecule has 2 N–H and O–H groups in total. The molecule has 0 aromatic heterocycles. The van der Waals surface area contributed by atoms with Gasteiger partial charge in [-0.3, -0.25) is 0 Å². The van der Waals surface area contributed by atoms with Gasteiger partial charge >= 0.3 is 6.09 Å². The third kappa shape index (κ3) is 4.46. The lowest BCUT2D eigenvalue weighted by molar-refractivity contribution is -0.109. The molecule has 1 aromatic carbocycles. The van der Waals surface area contributed by atoms with Crippen molar-refractivity contribution in [2.24, 2.45) is 0 Å². The first kappa shape index (κ1) is 15.8. The number of phenols is 1. The van der Waals surface area contributed by atoms with Gasteiger partial charge in [-0.15, -0.1) is 0 Å². The molecule has 1 unspecified atom stereocenters. The van der Waals surface area contributed by atoms with E-state index in [1.807, 2.05) is 0 Å². The molecule has 6 heteroatoms. The Morgan fingerprint density at radius 3 is 2.50 bits per heavy atom. The van der Waals surface area contributed by atoms with Gasteiger partial charge in [0.05, 0.1) is 7.11 Å². The fourth-order valence-electron chi connectivity index (χ4n) is 1.53. The summed E-state index contributed by atoms with van der Waals surface area (Å²) in [7, 11) is 1.46. The number of ether oxygens (including phenoxy) is 2. The maximum Gasteiger partial charge on any atom is 0.408 e. The van der Waals surface area contributed by atoms with Crippen LogP contribution in [0.5, 0.6) is 11.5 Å². The number of carbonyl (C=O) groups is 2. The Kier molecular flexibility index (Phi) is 4.96. The molecule has 6 nitrogen and oxygen atoms in total. The topological polar surface area (TPSA) is 84.9 Å². The highest BCUT2D eigenvalue weighted by atomic mass is 16.6. The van der Waals surface area contributed by atoms with Crippen LogP contribution in [0.25, 0.3) is 0 Å². The molecule has 0 aliphatic heterocycles. The number of aromatic hydroxyl groups is 1. The van der Waals surface area contributed by atoms with Gasteiger partial charge in [0.1, 0.15) is 29.4 Å². The van der Waals surface area contributed by atoms with Gasteiger partial charge < -0.3 is 24.7 Å². The van der Waals surface area contributed by atoms with Crippen LogP contribution in [0, 0.1) is 0 Å². The quantitative estimate of drug-likeness (QED) is 0.826. The van der Waals surface area contributed by atoms with Crippen LogP contribution in [0.3, 0.4) is 0 Å². The molecule has 0 saturated heterocycles. The van der Waals surface area contributed by atoms with E-state index in [1.54, 1.807) is 26.8 Å².